The molecule has 5 nitrogen and oxygen atoms in total. The molecule has 1 unspecified atom stereocenters. The molecule has 0 aliphatic carbocycles. The van der Waals surface area contributed by atoms with Crippen LogP contribution >= 0.6 is 11.3 Å². The summed E-state index contributed by atoms with van der Waals surface area (Å²) in [6.07, 6.45) is 0.848. The number of rotatable bonds is 4. The number of thiophene rings is 1. The molecule has 1 atom stereocenters. The highest BCUT2D eigenvalue weighted by atomic mass is 32.1. The zero-order valence-electron chi connectivity index (χ0n) is 9.11. The van der Waals surface area contributed by atoms with Crippen molar-refractivity contribution in [2.24, 2.45) is 0 Å². The van der Waals surface area contributed by atoms with Gasteiger partial charge in [0.1, 0.15) is 0 Å². The molecule has 0 radical (unpaired) electrons. The number of carbonyl (C=O) groups is 2. The standard InChI is InChI=1S/C10H14N2O3S/c1-3-6(2)11-9(13)7-4-5-8(16-7)10(14)12-15/h4-6,15H,3H2,1-2H3,(H,11,13)(H,12,14). The van der Waals surface area contributed by atoms with E-state index in [1.807, 2.05) is 13.8 Å². The molecule has 6 heteroatoms. The quantitative estimate of drug-likeness (QED) is 0.551. The third kappa shape index (κ3) is 3.04. The minimum absolute atomic E-state index is 0.102. The van der Waals surface area contributed by atoms with E-state index < -0.39 is 5.91 Å². The summed E-state index contributed by atoms with van der Waals surface area (Å²) in [6, 6.07) is 3.17. The number of hydrogen-bond acceptors (Lipinski definition) is 4. The first-order valence-electron chi connectivity index (χ1n) is 4.93. The van der Waals surface area contributed by atoms with Gasteiger partial charge in [0, 0.05) is 6.04 Å². The van der Waals surface area contributed by atoms with E-state index in [0.29, 0.717) is 9.75 Å². The van der Waals surface area contributed by atoms with Crippen LogP contribution in [0.3, 0.4) is 0 Å². The van der Waals surface area contributed by atoms with E-state index in [4.69, 9.17) is 5.21 Å². The molecule has 2 amide bonds. The summed E-state index contributed by atoms with van der Waals surface area (Å²) in [4.78, 5) is 23.4. The summed E-state index contributed by atoms with van der Waals surface area (Å²) in [5, 5.41) is 11.2. The SMILES string of the molecule is CCC(C)NC(=O)c1ccc(C(=O)NO)s1. The van der Waals surface area contributed by atoms with Gasteiger partial charge in [-0.1, -0.05) is 6.92 Å². The summed E-state index contributed by atoms with van der Waals surface area (Å²) < 4.78 is 0. The zero-order chi connectivity index (χ0) is 12.1. The molecule has 0 saturated heterocycles. The number of hydroxylamine groups is 1. The molecule has 1 heterocycles. The van der Waals surface area contributed by atoms with Gasteiger partial charge >= 0.3 is 0 Å². The summed E-state index contributed by atoms with van der Waals surface area (Å²) in [6.45, 7) is 3.89. The molecular formula is C10H14N2O3S. The van der Waals surface area contributed by atoms with Crippen molar-refractivity contribution in [2.45, 2.75) is 26.3 Å². The Morgan fingerprint density at radius 1 is 1.38 bits per heavy atom. The van der Waals surface area contributed by atoms with Gasteiger partial charge < -0.3 is 5.32 Å². The van der Waals surface area contributed by atoms with Gasteiger partial charge in [0.05, 0.1) is 9.75 Å². The predicted octanol–water partition coefficient (Wildman–Crippen LogP) is 1.40. The van der Waals surface area contributed by atoms with E-state index in [1.54, 1.807) is 6.07 Å². The van der Waals surface area contributed by atoms with Crippen LogP contribution in [0.1, 0.15) is 39.6 Å². The first-order chi connectivity index (χ1) is 7.58. The molecule has 1 aromatic rings. The van der Waals surface area contributed by atoms with Crippen molar-refractivity contribution in [1.82, 2.24) is 10.8 Å². The molecule has 1 aromatic heterocycles. The molecule has 0 aliphatic heterocycles. The monoisotopic (exact) mass is 242 g/mol. The van der Waals surface area contributed by atoms with Crippen LogP contribution in [0.2, 0.25) is 0 Å². The Morgan fingerprint density at radius 2 is 1.94 bits per heavy atom. The number of hydrogen-bond donors (Lipinski definition) is 3. The topological polar surface area (TPSA) is 78.4 Å². The highest BCUT2D eigenvalue weighted by Gasteiger charge is 2.14. The molecular weight excluding hydrogens is 228 g/mol. The average Bonchev–Trinajstić information content (AvgIpc) is 2.77. The lowest BCUT2D eigenvalue weighted by molar-refractivity contribution is 0.0711. The van der Waals surface area contributed by atoms with Crippen LogP contribution in [0.25, 0.3) is 0 Å². The minimum Gasteiger partial charge on any atom is -0.349 e. The molecule has 0 fully saturated rings. The van der Waals surface area contributed by atoms with Crippen LogP contribution in [0.4, 0.5) is 0 Å². The highest BCUT2D eigenvalue weighted by Crippen LogP contribution is 2.16. The largest absolute Gasteiger partial charge is 0.349 e. The van der Waals surface area contributed by atoms with E-state index >= 15 is 0 Å². The summed E-state index contributed by atoms with van der Waals surface area (Å²) in [5.41, 5.74) is 1.53. The fraction of sp³-hybridized carbons (Fsp3) is 0.400. The Balaban J connectivity index is 2.70. The molecule has 0 aliphatic rings. The zero-order valence-corrected chi connectivity index (χ0v) is 9.93. The van der Waals surface area contributed by atoms with Crippen LogP contribution in [-0.2, 0) is 0 Å². The second kappa shape index (κ2) is 5.62. The van der Waals surface area contributed by atoms with E-state index in [9.17, 15) is 9.59 Å². The van der Waals surface area contributed by atoms with Crippen LogP contribution < -0.4 is 10.8 Å². The summed E-state index contributed by atoms with van der Waals surface area (Å²) >= 11 is 1.04. The van der Waals surface area contributed by atoms with Gasteiger partial charge in [-0.05, 0) is 25.5 Å². The first kappa shape index (κ1) is 12.7. The highest BCUT2D eigenvalue weighted by molar-refractivity contribution is 7.15. The Morgan fingerprint density at radius 3 is 2.44 bits per heavy atom. The van der Waals surface area contributed by atoms with Gasteiger partial charge in [0.2, 0.25) is 0 Å². The second-order valence-electron chi connectivity index (χ2n) is 3.39. The fourth-order valence-corrected chi connectivity index (χ4v) is 1.83. The lowest BCUT2D eigenvalue weighted by atomic mass is 10.2. The Kier molecular flexibility index (Phi) is 4.45. The smallest absolute Gasteiger partial charge is 0.284 e. The molecule has 16 heavy (non-hydrogen) atoms. The van der Waals surface area contributed by atoms with Gasteiger partial charge in [0.15, 0.2) is 0 Å². The van der Waals surface area contributed by atoms with E-state index in [-0.39, 0.29) is 11.9 Å². The molecule has 1 rings (SSSR count). The normalized spacial score (nSPS) is 11.9. The van der Waals surface area contributed by atoms with Crippen molar-refractivity contribution in [3.63, 3.8) is 0 Å². The third-order valence-corrected chi connectivity index (χ3v) is 3.23. The second-order valence-corrected chi connectivity index (χ2v) is 4.47. The van der Waals surface area contributed by atoms with Crippen molar-refractivity contribution in [3.8, 4) is 0 Å². The molecule has 0 spiro atoms. The van der Waals surface area contributed by atoms with Crippen molar-refractivity contribution in [1.29, 1.82) is 0 Å². The molecule has 0 bridgehead atoms. The summed E-state index contributed by atoms with van der Waals surface area (Å²) in [5.74, 6) is -0.802. The minimum atomic E-state index is -0.604. The predicted molar refractivity (Wildman–Crippen MR) is 60.8 cm³/mol. The third-order valence-electron chi connectivity index (χ3n) is 2.14. The molecule has 3 N–H and O–H groups in total. The van der Waals surface area contributed by atoms with Crippen LogP contribution in [0.15, 0.2) is 12.1 Å². The van der Waals surface area contributed by atoms with Gasteiger partial charge in [-0.2, -0.15) is 0 Å². The van der Waals surface area contributed by atoms with Crippen LogP contribution in [0.5, 0.6) is 0 Å². The Hall–Kier alpha value is -1.40. The Labute approximate surface area is 97.4 Å². The average molecular weight is 242 g/mol. The maximum Gasteiger partial charge on any atom is 0.284 e. The number of amides is 2. The van der Waals surface area contributed by atoms with Crippen molar-refractivity contribution < 1.29 is 14.8 Å². The number of carbonyl (C=O) groups excluding carboxylic acids is 2. The van der Waals surface area contributed by atoms with E-state index in [0.717, 1.165) is 17.8 Å². The van der Waals surface area contributed by atoms with Gasteiger partial charge in [-0.25, -0.2) is 5.48 Å². The maximum absolute atomic E-state index is 11.6. The Bertz CT molecular complexity index is 389. The molecule has 0 aromatic carbocycles. The van der Waals surface area contributed by atoms with Crippen LogP contribution in [0, 0.1) is 0 Å². The molecule has 88 valence electrons. The van der Waals surface area contributed by atoms with E-state index in [1.165, 1.54) is 11.5 Å². The first-order valence-corrected chi connectivity index (χ1v) is 5.75. The maximum atomic E-state index is 11.6. The lowest BCUT2D eigenvalue weighted by Crippen LogP contribution is -2.31. The van der Waals surface area contributed by atoms with E-state index in [2.05, 4.69) is 5.32 Å². The molecule has 0 saturated carbocycles. The lowest BCUT2D eigenvalue weighted by Gasteiger charge is -2.09. The summed E-state index contributed by atoms with van der Waals surface area (Å²) in [7, 11) is 0. The van der Waals surface area contributed by atoms with Crippen molar-refractivity contribution >= 4 is 23.2 Å². The van der Waals surface area contributed by atoms with Crippen molar-refractivity contribution in [3.05, 3.63) is 21.9 Å². The van der Waals surface area contributed by atoms with Crippen LogP contribution in [-0.4, -0.2) is 23.1 Å². The van der Waals surface area contributed by atoms with Gasteiger partial charge in [0.25, 0.3) is 11.8 Å². The van der Waals surface area contributed by atoms with Gasteiger partial charge in [-0.3, -0.25) is 14.8 Å². The van der Waals surface area contributed by atoms with Gasteiger partial charge in [-0.15, -0.1) is 11.3 Å². The van der Waals surface area contributed by atoms with Crippen molar-refractivity contribution in [2.75, 3.05) is 0 Å². The fourth-order valence-electron chi connectivity index (χ4n) is 1.03. The number of nitrogens with one attached hydrogen (secondary N) is 2.